The Morgan fingerprint density at radius 1 is 1.17 bits per heavy atom. The minimum Gasteiger partial charge on any atom is -0.279 e. The highest BCUT2D eigenvalue weighted by Crippen LogP contribution is 2.37. The lowest BCUT2D eigenvalue weighted by Crippen LogP contribution is -2.25. The van der Waals surface area contributed by atoms with Gasteiger partial charge in [0.2, 0.25) is 5.91 Å². The second-order valence-corrected chi connectivity index (χ2v) is 5.48. The molecule has 1 aliphatic heterocycles. The van der Waals surface area contributed by atoms with Gasteiger partial charge in [0.1, 0.15) is 5.82 Å². The highest BCUT2D eigenvalue weighted by molar-refractivity contribution is 6.30. The summed E-state index contributed by atoms with van der Waals surface area (Å²) in [6.07, 6.45) is -1.90. The van der Waals surface area contributed by atoms with Crippen LogP contribution >= 0.6 is 11.6 Å². The molecule has 3 rings (SSSR count). The van der Waals surface area contributed by atoms with Gasteiger partial charge in [0, 0.05) is 23.3 Å². The van der Waals surface area contributed by atoms with Gasteiger partial charge in [-0.1, -0.05) is 11.6 Å². The first-order valence-corrected chi connectivity index (χ1v) is 7.17. The fourth-order valence-electron chi connectivity index (χ4n) is 2.42. The first-order valence-electron chi connectivity index (χ1n) is 6.79. The summed E-state index contributed by atoms with van der Waals surface area (Å²) in [5.74, 6) is -1.84. The summed E-state index contributed by atoms with van der Waals surface area (Å²) in [7, 11) is 0. The number of hydrogen-bond donors (Lipinski definition) is 0. The third-order valence-electron chi connectivity index (χ3n) is 3.46. The van der Waals surface area contributed by atoms with Gasteiger partial charge in [0.15, 0.2) is 0 Å². The zero-order valence-corrected chi connectivity index (χ0v) is 12.7. The third kappa shape index (κ3) is 2.99. The lowest BCUT2D eigenvalue weighted by molar-refractivity contribution is -0.140. The summed E-state index contributed by atoms with van der Waals surface area (Å²) < 4.78 is 52.1. The van der Waals surface area contributed by atoms with Crippen LogP contribution in [-0.4, -0.2) is 10.9 Å². The average molecular weight is 357 g/mol. The molecule has 0 unspecified atom stereocenters. The molecule has 124 valence electrons. The van der Waals surface area contributed by atoms with Gasteiger partial charge in [-0.3, -0.25) is 14.7 Å². The van der Waals surface area contributed by atoms with E-state index in [4.69, 9.17) is 11.6 Å². The van der Waals surface area contributed by atoms with E-state index in [-0.39, 0.29) is 12.1 Å². The number of anilines is 1. The number of nitrogens with zero attached hydrogens (tertiary/aromatic N) is 2. The highest BCUT2D eigenvalue weighted by atomic mass is 35.5. The molecule has 0 aliphatic carbocycles. The second-order valence-electron chi connectivity index (χ2n) is 5.04. The molecule has 0 atom stereocenters. The Morgan fingerprint density at radius 3 is 2.58 bits per heavy atom. The number of aromatic nitrogens is 1. The summed E-state index contributed by atoms with van der Waals surface area (Å²) in [5, 5.41) is 0.371. The topological polar surface area (TPSA) is 33.2 Å². The van der Waals surface area contributed by atoms with Gasteiger partial charge < -0.3 is 0 Å². The van der Waals surface area contributed by atoms with Crippen molar-refractivity contribution in [2.24, 2.45) is 0 Å². The third-order valence-corrected chi connectivity index (χ3v) is 3.69. The number of benzene rings is 1. The van der Waals surface area contributed by atoms with Gasteiger partial charge in [-0.15, -0.1) is 0 Å². The number of carbonyl (C=O) groups excluding carboxylic acids is 1. The highest BCUT2D eigenvalue weighted by Gasteiger charge is 2.36. The summed E-state index contributed by atoms with van der Waals surface area (Å²) in [6.45, 7) is 0. The Morgan fingerprint density at radius 2 is 1.92 bits per heavy atom. The number of alkyl halides is 3. The summed E-state index contributed by atoms with van der Waals surface area (Å²) >= 11 is 5.89. The van der Waals surface area contributed by atoms with Gasteiger partial charge in [0.25, 0.3) is 0 Å². The molecule has 0 saturated heterocycles. The van der Waals surface area contributed by atoms with E-state index in [0.717, 1.165) is 11.0 Å². The van der Waals surface area contributed by atoms with Crippen molar-refractivity contribution < 1.29 is 22.4 Å². The maximum atomic E-state index is 13.5. The lowest BCUT2D eigenvalue weighted by Gasteiger charge is -2.21. The monoisotopic (exact) mass is 356 g/mol. The maximum absolute atomic E-state index is 13.5. The lowest BCUT2D eigenvalue weighted by atomic mass is 10.1. The first kappa shape index (κ1) is 16.4. The van der Waals surface area contributed by atoms with E-state index >= 15 is 0 Å². The molecule has 0 bridgehead atoms. The molecule has 1 aliphatic rings. The SMILES string of the molecule is O=C1CC=C(c2cc(Cl)ccn2)N1c1ccc(F)c(C(F)(F)F)c1. The molecule has 2 heterocycles. The van der Waals surface area contributed by atoms with Crippen LogP contribution in [0.5, 0.6) is 0 Å². The summed E-state index contributed by atoms with van der Waals surface area (Å²) in [4.78, 5) is 17.3. The molecule has 0 N–H and O–H groups in total. The van der Waals surface area contributed by atoms with Crippen molar-refractivity contribution in [1.82, 2.24) is 4.98 Å². The van der Waals surface area contributed by atoms with Crippen LogP contribution < -0.4 is 4.90 Å². The zero-order valence-electron chi connectivity index (χ0n) is 11.9. The number of amides is 1. The first-order chi connectivity index (χ1) is 11.3. The van der Waals surface area contributed by atoms with Crippen LogP contribution in [0.2, 0.25) is 5.02 Å². The number of hydrogen-bond acceptors (Lipinski definition) is 2. The standard InChI is InChI=1S/C16H9ClF4N2O/c17-9-5-6-22-13(7-9)14-3-4-15(24)23(14)10-1-2-12(18)11(8-10)16(19,20)21/h1-3,5-8H,4H2. The van der Waals surface area contributed by atoms with E-state index in [1.54, 1.807) is 0 Å². The van der Waals surface area contributed by atoms with Gasteiger partial charge in [0.05, 0.1) is 17.0 Å². The normalized spacial score (nSPS) is 15.0. The molecule has 8 heteroatoms. The Balaban J connectivity index is 2.07. The number of rotatable bonds is 2. The molecule has 0 saturated carbocycles. The van der Waals surface area contributed by atoms with Gasteiger partial charge in [-0.2, -0.15) is 13.2 Å². The minimum atomic E-state index is -4.86. The predicted molar refractivity (Wildman–Crippen MR) is 80.7 cm³/mol. The number of pyridine rings is 1. The molecule has 1 aromatic heterocycles. The Kier molecular flexibility index (Phi) is 4.04. The van der Waals surface area contributed by atoms with E-state index < -0.39 is 23.5 Å². The minimum absolute atomic E-state index is 0.00224. The predicted octanol–water partition coefficient (Wildman–Crippen LogP) is 4.67. The average Bonchev–Trinajstić information content (AvgIpc) is 2.88. The largest absolute Gasteiger partial charge is 0.419 e. The number of carbonyl (C=O) groups is 1. The molecule has 1 amide bonds. The second kappa shape index (κ2) is 5.90. The molecule has 1 aromatic carbocycles. The fraction of sp³-hybridized carbons (Fsp3) is 0.125. The van der Waals surface area contributed by atoms with E-state index in [1.165, 1.54) is 24.4 Å². The van der Waals surface area contributed by atoms with E-state index in [9.17, 15) is 22.4 Å². The van der Waals surface area contributed by atoms with E-state index in [1.807, 2.05) is 0 Å². The van der Waals surface area contributed by atoms with E-state index in [0.29, 0.717) is 28.5 Å². The van der Waals surface area contributed by atoms with Crippen molar-refractivity contribution in [3.05, 3.63) is 64.7 Å². The summed E-state index contributed by atoms with van der Waals surface area (Å²) in [5.41, 5.74) is -0.870. The van der Waals surface area contributed by atoms with Crippen LogP contribution in [0.4, 0.5) is 23.2 Å². The molecular weight excluding hydrogens is 348 g/mol. The molecule has 2 aromatic rings. The van der Waals surface area contributed by atoms with Crippen LogP contribution in [0, 0.1) is 5.82 Å². The molecule has 0 spiro atoms. The summed E-state index contributed by atoms with van der Waals surface area (Å²) in [6, 6.07) is 5.44. The van der Waals surface area contributed by atoms with Crippen molar-refractivity contribution >= 4 is 28.9 Å². The van der Waals surface area contributed by atoms with Crippen LogP contribution in [0.3, 0.4) is 0 Å². The molecule has 3 nitrogen and oxygen atoms in total. The van der Waals surface area contributed by atoms with Crippen LogP contribution in [0.1, 0.15) is 17.7 Å². The smallest absolute Gasteiger partial charge is 0.279 e. The van der Waals surface area contributed by atoms with Crippen molar-refractivity contribution in [3.8, 4) is 0 Å². The Bertz CT molecular complexity index is 848. The quantitative estimate of drug-likeness (QED) is 0.733. The van der Waals surface area contributed by atoms with Crippen LogP contribution in [0.25, 0.3) is 5.70 Å². The van der Waals surface area contributed by atoms with Crippen LogP contribution in [0.15, 0.2) is 42.6 Å². The van der Waals surface area contributed by atoms with Gasteiger partial charge in [-0.05, 0) is 36.4 Å². The van der Waals surface area contributed by atoms with Gasteiger partial charge >= 0.3 is 6.18 Å². The van der Waals surface area contributed by atoms with Crippen LogP contribution in [-0.2, 0) is 11.0 Å². The Hall–Kier alpha value is -2.41. The molecular formula is C16H9ClF4N2O. The van der Waals surface area contributed by atoms with Gasteiger partial charge in [-0.25, -0.2) is 4.39 Å². The number of halogens is 5. The van der Waals surface area contributed by atoms with Crippen molar-refractivity contribution in [2.45, 2.75) is 12.6 Å². The maximum Gasteiger partial charge on any atom is 0.419 e. The van der Waals surface area contributed by atoms with E-state index in [2.05, 4.69) is 4.98 Å². The molecule has 0 fully saturated rings. The van der Waals surface area contributed by atoms with Crippen molar-refractivity contribution in [1.29, 1.82) is 0 Å². The Labute approximate surface area is 139 Å². The zero-order chi connectivity index (χ0) is 17.5. The van der Waals surface area contributed by atoms with Crippen molar-refractivity contribution in [3.63, 3.8) is 0 Å². The molecule has 24 heavy (non-hydrogen) atoms. The fourth-order valence-corrected chi connectivity index (χ4v) is 2.58. The van der Waals surface area contributed by atoms with Crippen molar-refractivity contribution in [2.75, 3.05) is 4.90 Å². The molecule has 0 radical (unpaired) electrons.